The van der Waals surface area contributed by atoms with E-state index in [1.165, 1.54) is 13.0 Å². The van der Waals surface area contributed by atoms with E-state index in [1.807, 2.05) is 31.2 Å². The molecule has 1 atom stereocenters. The van der Waals surface area contributed by atoms with Crippen molar-refractivity contribution < 1.29 is 14.3 Å². The summed E-state index contributed by atoms with van der Waals surface area (Å²) in [5.74, 6) is -0.266. The smallest absolute Gasteiger partial charge is 0.338 e. The number of fused-ring (bicyclic) bond motifs is 2. The van der Waals surface area contributed by atoms with Crippen molar-refractivity contribution in [3.8, 4) is 0 Å². The molecule has 1 aliphatic heterocycles. The quantitative estimate of drug-likeness (QED) is 0.659. The molecule has 0 spiro atoms. The molecule has 1 aliphatic rings. The standard InChI is InChI=1S/C23H23N3O4/c1-14-5-7-16(8-6-14)13-24-21(27)15(2)30-23(29)17-9-10-18-19(12-17)25-20-4-3-11-26(20)22(18)28/h5-10,12,15H,3-4,11,13H2,1-2H3,(H,24,27)/t15-/m1/s1. The number of carbonyl (C=O) groups excluding carboxylic acids is 2. The Kier molecular flexibility index (Phi) is 5.35. The molecule has 0 bridgehead atoms. The number of carbonyl (C=O) groups is 2. The highest BCUT2D eigenvalue weighted by atomic mass is 16.5. The van der Waals surface area contributed by atoms with Crippen LogP contribution in [0.25, 0.3) is 10.9 Å². The SMILES string of the molecule is Cc1ccc(CNC(=O)[C@@H](C)OC(=O)c2ccc3c(=O)n4c(nc3c2)CCC4)cc1. The molecule has 1 aromatic heterocycles. The number of nitrogens with one attached hydrogen (secondary N) is 1. The first-order chi connectivity index (χ1) is 14.4. The van der Waals surface area contributed by atoms with Gasteiger partial charge in [0.2, 0.25) is 0 Å². The maximum atomic E-state index is 12.5. The summed E-state index contributed by atoms with van der Waals surface area (Å²) in [5.41, 5.74) is 2.75. The average Bonchev–Trinajstić information content (AvgIpc) is 3.21. The average molecular weight is 405 g/mol. The Labute approximate surface area is 173 Å². The van der Waals surface area contributed by atoms with Gasteiger partial charge in [-0.25, -0.2) is 9.78 Å². The van der Waals surface area contributed by atoms with Crippen LogP contribution in [-0.2, 0) is 29.0 Å². The van der Waals surface area contributed by atoms with Gasteiger partial charge in [-0.3, -0.25) is 14.2 Å². The molecule has 0 aliphatic carbocycles. The van der Waals surface area contributed by atoms with Gasteiger partial charge in [-0.05, 0) is 44.0 Å². The molecule has 3 aromatic rings. The summed E-state index contributed by atoms with van der Waals surface area (Å²) in [6.07, 6.45) is 0.693. The van der Waals surface area contributed by atoms with E-state index in [4.69, 9.17) is 4.74 Å². The number of nitrogens with zero attached hydrogens (tertiary/aromatic N) is 2. The van der Waals surface area contributed by atoms with Crippen LogP contribution in [0.1, 0.15) is 40.7 Å². The second-order valence-corrected chi connectivity index (χ2v) is 7.57. The summed E-state index contributed by atoms with van der Waals surface area (Å²) >= 11 is 0. The van der Waals surface area contributed by atoms with Gasteiger partial charge in [0.15, 0.2) is 6.10 Å². The third-order valence-electron chi connectivity index (χ3n) is 5.29. The van der Waals surface area contributed by atoms with Crippen molar-refractivity contribution in [3.05, 3.63) is 75.3 Å². The zero-order chi connectivity index (χ0) is 21.3. The number of amides is 1. The molecule has 1 amide bonds. The molecule has 0 unspecified atom stereocenters. The van der Waals surface area contributed by atoms with Gasteiger partial charge in [-0.15, -0.1) is 0 Å². The van der Waals surface area contributed by atoms with Gasteiger partial charge in [0.05, 0.1) is 16.5 Å². The number of hydrogen-bond acceptors (Lipinski definition) is 5. The Hall–Kier alpha value is -3.48. The maximum absolute atomic E-state index is 12.5. The predicted octanol–water partition coefficient (Wildman–Crippen LogP) is 2.51. The first kappa shape index (κ1) is 19.8. The molecule has 1 N–H and O–H groups in total. The normalized spacial score (nSPS) is 13.7. The van der Waals surface area contributed by atoms with Crippen LogP contribution in [0, 0.1) is 6.92 Å². The van der Waals surface area contributed by atoms with Crippen LogP contribution in [-0.4, -0.2) is 27.5 Å². The van der Waals surface area contributed by atoms with Crippen molar-refractivity contribution in [2.75, 3.05) is 0 Å². The lowest BCUT2D eigenvalue weighted by Gasteiger charge is -2.14. The highest BCUT2D eigenvalue weighted by Gasteiger charge is 2.21. The molecular weight excluding hydrogens is 382 g/mol. The minimum absolute atomic E-state index is 0.0868. The Balaban J connectivity index is 1.43. The fourth-order valence-electron chi connectivity index (χ4n) is 3.53. The zero-order valence-electron chi connectivity index (χ0n) is 17.0. The molecular formula is C23H23N3O4. The maximum Gasteiger partial charge on any atom is 0.338 e. The zero-order valence-corrected chi connectivity index (χ0v) is 17.0. The van der Waals surface area contributed by atoms with Gasteiger partial charge in [-0.1, -0.05) is 29.8 Å². The Morgan fingerprint density at radius 1 is 1.20 bits per heavy atom. The predicted molar refractivity (Wildman–Crippen MR) is 112 cm³/mol. The van der Waals surface area contributed by atoms with E-state index in [1.54, 1.807) is 16.7 Å². The molecule has 2 heterocycles. The van der Waals surface area contributed by atoms with E-state index >= 15 is 0 Å². The van der Waals surface area contributed by atoms with Crippen molar-refractivity contribution in [2.24, 2.45) is 0 Å². The molecule has 0 radical (unpaired) electrons. The minimum atomic E-state index is -0.947. The van der Waals surface area contributed by atoms with Gasteiger partial charge >= 0.3 is 5.97 Å². The van der Waals surface area contributed by atoms with E-state index in [0.29, 0.717) is 24.0 Å². The molecule has 0 saturated heterocycles. The van der Waals surface area contributed by atoms with Crippen LogP contribution in [0.2, 0.25) is 0 Å². The molecule has 7 nitrogen and oxygen atoms in total. The van der Waals surface area contributed by atoms with Crippen LogP contribution in [0.5, 0.6) is 0 Å². The van der Waals surface area contributed by atoms with Crippen molar-refractivity contribution in [1.82, 2.24) is 14.9 Å². The fourth-order valence-corrected chi connectivity index (χ4v) is 3.53. The number of rotatable bonds is 5. The third kappa shape index (κ3) is 3.96. The lowest BCUT2D eigenvalue weighted by molar-refractivity contribution is -0.129. The van der Waals surface area contributed by atoms with E-state index in [9.17, 15) is 14.4 Å². The molecule has 2 aromatic carbocycles. The number of aryl methyl sites for hydroxylation is 2. The van der Waals surface area contributed by atoms with Gasteiger partial charge in [-0.2, -0.15) is 0 Å². The van der Waals surface area contributed by atoms with Gasteiger partial charge in [0.1, 0.15) is 5.82 Å². The van der Waals surface area contributed by atoms with Crippen LogP contribution in [0.3, 0.4) is 0 Å². The molecule has 30 heavy (non-hydrogen) atoms. The van der Waals surface area contributed by atoms with Gasteiger partial charge in [0.25, 0.3) is 11.5 Å². The lowest BCUT2D eigenvalue weighted by atomic mass is 10.1. The second kappa shape index (κ2) is 8.10. The second-order valence-electron chi connectivity index (χ2n) is 7.57. The fraction of sp³-hybridized carbons (Fsp3) is 0.304. The summed E-state index contributed by atoms with van der Waals surface area (Å²) in [5, 5.41) is 3.24. The topological polar surface area (TPSA) is 90.3 Å². The summed E-state index contributed by atoms with van der Waals surface area (Å²) in [4.78, 5) is 41.9. The Morgan fingerprint density at radius 3 is 2.73 bits per heavy atom. The van der Waals surface area contributed by atoms with Crippen LogP contribution in [0.4, 0.5) is 0 Å². The van der Waals surface area contributed by atoms with E-state index < -0.39 is 12.1 Å². The number of aromatic nitrogens is 2. The highest BCUT2D eigenvalue weighted by molar-refractivity contribution is 5.95. The molecule has 0 fully saturated rings. The molecule has 4 rings (SSSR count). The van der Waals surface area contributed by atoms with Crippen molar-refractivity contribution in [2.45, 2.75) is 45.9 Å². The summed E-state index contributed by atoms with van der Waals surface area (Å²) in [7, 11) is 0. The monoisotopic (exact) mass is 405 g/mol. The first-order valence-corrected chi connectivity index (χ1v) is 10.00. The largest absolute Gasteiger partial charge is 0.449 e. The van der Waals surface area contributed by atoms with Crippen LogP contribution >= 0.6 is 0 Å². The summed E-state index contributed by atoms with van der Waals surface area (Å²) < 4.78 is 7.00. The Bertz CT molecular complexity index is 1180. The molecule has 154 valence electrons. The number of ether oxygens (including phenoxy) is 1. The van der Waals surface area contributed by atoms with Gasteiger partial charge < -0.3 is 10.1 Å². The number of esters is 1. The van der Waals surface area contributed by atoms with E-state index in [2.05, 4.69) is 10.3 Å². The van der Waals surface area contributed by atoms with Crippen molar-refractivity contribution >= 4 is 22.8 Å². The van der Waals surface area contributed by atoms with Crippen LogP contribution < -0.4 is 10.9 Å². The van der Waals surface area contributed by atoms with E-state index in [0.717, 1.165) is 29.8 Å². The number of benzene rings is 2. The highest BCUT2D eigenvalue weighted by Crippen LogP contribution is 2.17. The summed E-state index contributed by atoms with van der Waals surface area (Å²) in [6, 6.07) is 12.5. The van der Waals surface area contributed by atoms with E-state index in [-0.39, 0.29) is 17.0 Å². The van der Waals surface area contributed by atoms with Crippen molar-refractivity contribution in [3.63, 3.8) is 0 Å². The van der Waals surface area contributed by atoms with Crippen LogP contribution in [0.15, 0.2) is 47.3 Å². The van der Waals surface area contributed by atoms with Gasteiger partial charge in [0, 0.05) is 19.5 Å². The molecule has 0 saturated carbocycles. The third-order valence-corrected chi connectivity index (χ3v) is 5.29. The first-order valence-electron chi connectivity index (χ1n) is 10.00. The van der Waals surface area contributed by atoms with Crippen molar-refractivity contribution in [1.29, 1.82) is 0 Å². The minimum Gasteiger partial charge on any atom is -0.449 e. The summed E-state index contributed by atoms with van der Waals surface area (Å²) in [6.45, 7) is 4.56. The molecule has 7 heteroatoms. The Morgan fingerprint density at radius 2 is 1.97 bits per heavy atom. The number of hydrogen-bond donors (Lipinski definition) is 1. The lowest BCUT2D eigenvalue weighted by Crippen LogP contribution is -2.35.